The van der Waals surface area contributed by atoms with E-state index in [1.165, 1.54) is 10.9 Å². The van der Waals surface area contributed by atoms with Crippen molar-refractivity contribution in [3.05, 3.63) is 12.3 Å². The minimum absolute atomic E-state index is 0.0537. The number of nitrogens with zero attached hydrogens (tertiary/aromatic N) is 3. The summed E-state index contributed by atoms with van der Waals surface area (Å²) in [6, 6.07) is 1.60. The van der Waals surface area contributed by atoms with Crippen LogP contribution in [-0.2, 0) is 20.8 Å². The Morgan fingerprint density at radius 1 is 1.61 bits per heavy atom. The van der Waals surface area contributed by atoms with E-state index in [9.17, 15) is 13.2 Å². The number of hydrogen-bond acceptors (Lipinski definition) is 5. The molecule has 0 spiro atoms. The first-order chi connectivity index (χ1) is 8.37. The van der Waals surface area contributed by atoms with Crippen LogP contribution in [0.1, 0.15) is 0 Å². The normalized spacial score (nSPS) is 19.6. The van der Waals surface area contributed by atoms with E-state index in [2.05, 4.69) is 5.10 Å². The van der Waals surface area contributed by atoms with Gasteiger partial charge in [-0.1, -0.05) is 0 Å². The highest BCUT2D eigenvalue weighted by Crippen LogP contribution is 2.23. The molecule has 18 heavy (non-hydrogen) atoms. The van der Waals surface area contributed by atoms with Crippen LogP contribution in [0.25, 0.3) is 0 Å². The van der Waals surface area contributed by atoms with Crippen LogP contribution in [0, 0.1) is 5.92 Å². The van der Waals surface area contributed by atoms with Crippen LogP contribution in [-0.4, -0.2) is 48.8 Å². The standard InChI is InChI=1S/C9H13N3O5S/c1-18(15,16)17-6-7-4-11(9(13)14)8-2-3-10-12(8)5-7/h2-3,7H,4-6H2,1H3,(H,13,14). The summed E-state index contributed by atoms with van der Waals surface area (Å²) in [4.78, 5) is 12.2. The largest absolute Gasteiger partial charge is 0.465 e. The molecule has 2 rings (SSSR count). The van der Waals surface area contributed by atoms with Gasteiger partial charge in [0, 0.05) is 25.1 Å². The van der Waals surface area contributed by atoms with Crippen molar-refractivity contribution < 1.29 is 22.5 Å². The van der Waals surface area contributed by atoms with Crippen LogP contribution in [0.15, 0.2) is 12.3 Å². The molecular formula is C9H13N3O5S. The summed E-state index contributed by atoms with van der Waals surface area (Å²) in [7, 11) is -3.52. The van der Waals surface area contributed by atoms with Crippen molar-refractivity contribution >= 4 is 22.0 Å². The number of fused-ring (bicyclic) bond motifs is 1. The van der Waals surface area contributed by atoms with Gasteiger partial charge >= 0.3 is 6.09 Å². The summed E-state index contributed by atoms with van der Waals surface area (Å²) in [6.07, 6.45) is 1.37. The number of rotatable bonds is 3. The number of carbonyl (C=O) groups is 1. The second-order valence-corrected chi connectivity index (χ2v) is 5.76. The molecule has 9 heteroatoms. The third-order valence-corrected chi connectivity index (χ3v) is 3.16. The third-order valence-electron chi connectivity index (χ3n) is 2.59. The minimum Gasteiger partial charge on any atom is -0.465 e. The van der Waals surface area contributed by atoms with E-state index < -0.39 is 16.2 Å². The molecule has 1 aliphatic rings. The van der Waals surface area contributed by atoms with Crippen LogP contribution < -0.4 is 4.90 Å². The van der Waals surface area contributed by atoms with Gasteiger partial charge < -0.3 is 5.11 Å². The van der Waals surface area contributed by atoms with E-state index in [1.54, 1.807) is 6.07 Å². The quantitative estimate of drug-likeness (QED) is 0.777. The fourth-order valence-electron chi connectivity index (χ4n) is 1.85. The van der Waals surface area contributed by atoms with Gasteiger partial charge in [0.05, 0.1) is 19.1 Å². The Bertz CT molecular complexity index is 552. The molecule has 1 amide bonds. The maximum atomic E-state index is 11.1. The van der Waals surface area contributed by atoms with Gasteiger partial charge in [-0.2, -0.15) is 13.5 Å². The molecule has 0 radical (unpaired) electrons. The lowest BCUT2D eigenvalue weighted by Crippen LogP contribution is -2.43. The SMILES string of the molecule is CS(=O)(=O)OCC1CN(C(=O)O)c2ccnn2C1. The molecule has 1 aromatic heterocycles. The number of hydrogen-bond donors (Lipinski definition) is 1. The van der Waals surface area contributed by atoms with Gasteiger partial charge in [-0.05, 0) is 0 Å². The van der Waals surface area contributed by atoms with E-state index in [4.69, 9.17) is 9.29 Å². The third kappa shape index (κ3) is 2.79. The smallest absolute Gasteiger partial charge is 0.413 e. The molecule has 1 N–H and O–H groups in total. The molecule has 0 fully saturated rings. The fraction of sp³-hybridized carbons (Fsp3) is 0.556. The van der Waals surface area contributed by atoms with Crippen LogP contribution in [0.5, 0.6) is 0 Å². The highest BCUT2D eigenvalue weighted by molar-refractivity contribution is 7.85. The molecule has 0 aliphatic carbocycles. The minimum atomic E-state index is -3.52. The highest BCUT2D eigenvalue weighted by atomic mass is 32.2. The second kappa shape index (κ2) is 4.58. The maximum absolute atomic E-state index is 11.1. The number of anilines is 1. The number of carboxylic acid groups (broad SMARTS) is 1. The molecule has 2 heterocycles. The molecule has 1 aromatic rings. The average Bonchev–Trinajstić information content (AvgIpc) is 2.71. The average molecular weight is 275 g/mol. The molecule has 1 aliphatic heterocycles. The predicted molar refractivity (Wildman–Crippen MR) is 61.9 cm³/mol. The molecule has 100 valence electrons. The predicted octanol–water partition coefficient (Wildman–Crippen LogP) is -0.0265. The first kappa shape index (κ1) is 12.8. The van der Waals surface area contributed by atoms with E-state index >= 15 is 0 Å². The second-order valence-electron chi connectivity index (χ2n) is 4.12. The molecule has 0 saturated carbocycles. The monoisotopic (exact) mass is 275 g/mol. The lowest BCUT2D eigenvalue weighted by molar-refractivity contribution is 0.188. The summed E-state index contributed by atoms with van der Waals surface area (Å²) in [6.45, 7) is 0.570. The van der Waals surface area contributed by atoms with E-state index in [-0.39, 0.29) is 19.1 Å². The zero-order chi connectivity index (χ0) is 13.3. The summed E-state index contributed by atoms with van der Waals surface area (Å²) < 4.78 is 28.0. The van der Waals surface area contributed by atoms with Crippen molar-refractivity contribution in [2.75, 3.05) is 24.3 Å². The summed E-state index contributed by atoms with van der Waals surface area (Å²) in [5, 5.41) is 13.1. The van der Waals surface area contributed by atoms with Gasteiger partial charge in [0.15, 0.2) is 0 Å². The zero-order valence-electron chi connectivity index (χ0n) is 9.68. The Morgan fingerprint density at radius 3 is 2.94 bits per heavy atom. The van der Waals surface area contributed by atoms with Crippen LogP contribution in [0.2, 0.25) is 0 Å². The Kier molecular flexibility index (Phi) is 3.26. The van der Waals surface area contributed by atoms with E-state index in [0.29, 0.717) is 12.4 Å². The zero-order valence-corrected chi connectivity index (χ0v) is 10.5. The Hall–Kier alpha value is -1.61. The van der Waals surface area contributed by atoms with Crippen LogP contribution in [0.4, 0.5) is 10.6 Å². The van der Waals surface area contributed by atoms with Gasteiger partial charge in [-0.15, -0.1) is 0 Å². The summed E-state index contributed by atoms with van der Waals surface area (Å²) in [5.41, 5.74) is 0. The van der Waals surface area contributed by atoms with Gasteiger partial charge in [0.2, 0.25) is 0 Å². The number of aromatic nitrogens is 2. The summed E-state index contributed by atoms with van der Waals surface area (Å²) >= 11 is 0. The van der Waals surface area contributed by atoms with Crippen molar-refractivity contribution in [1.29, 1.82) is 0 Å². The first-order valence-electron chi connectivity index (χ1n) is 5.23. The Labute approximate surface area is 104 Å². The fourth-order valence-corrected chi connectivity index (χ4v) is 2.29. The van der Waals surface area contributed by atoms with Gasteiger partial charge in [-0.3, -0.25) is 9.08 Å². The molecule has 1 atom stereocenters. The lowest BCUT2D eigenvalue weighted by atomic mass is 10.1. The van der Waals surface area contributed by atoms with Crippen molar-refractivity contribution in [1.82, 2.24) is 9.78 Å². The van der Waals surface area contributed by atoms with Crippen LogP contribution >= 0.6 is 0 Å². The first-order valence-corrected chi connectivity index (χ1v) is 7.05. The lowest BCUT2D eigenvalue weighted by Gasteiger charge is -2.30. The highest BCUT2D eigenvalue weighted by Gasteiger charge is 2.29. The van der Waals surface area contributed by atoms with Gasteiger partial charge in [0.25, 0.3) is 10.1 Å². The van der Waals surface area contributed by atoms with E-state index in [1.807, 2.05) is 0 Å². The van der Waals surface area contributed by atoms with Crippen LogP contribution in [0.3, 0.4) is 0 Å². The molecular weight excluding hydrogens is 262 g/mol. The van der Waals surface area contributed by atoms with Crippen molar-refractivity contribution in [2.45, 2.75) is 6.54 Å². The van der Waals surface area contributed by atoms with E-state index in [0.717, 1.165) is 11.2 Å². The topological polar surface area (TPSA) is 102 Å². The summed E-state index contributed by atoms with van der Waals surface area (Å²) in [5.74, 6) is 0.237. The van der Waals surface area contributed by atoms with Gasteiger partial charge in [-0.25, -0.2) is 9.48 Å². The molecule has 8 nitrogen and oxygen atoms in total. The van der Waals surface area contributed by atoms with Crippen molar-refractivity contribution in [3.63, 3.8) is 0 Å². The van der Waals surface area contributed by atoms with Crippen molar-refractivity contribution in [3.8, 4) is 0 Å². The van der Waals surface area contributed by atoms with Gasteiger partial charge in [0.1, 0.15) is 5.82 Å². The van der Waals surface area contributed by atoms with Crippen molar-refractivity contribution in [2.24, 2.45) is 5.92 Å². The Morgan fingerprint density at radius 2 is 2.33 bits per heavy atom. The molecule has 0 saturated heterocycles. The molecule has 0 bridgehead atoms. The number of amides is 1. The molecule has 1 unspecified atom stereocenters. The Balaban J connectivity index is 2.12. The molecule has 0 aromatic carbocycles. The maximum Gasteiger partial charge on any atom is 0.413 e.